The van der Waals surface area contributed by atoms with E-state index >= 15 is 0 Å². The molecule has 2 atom stereocenters. The summed E-state index contributed by atoms with van der Waals surface area (Å²) in [6.07, 6.45) is 6.68. The molecule has 2 unspecified atom stereocenters. The first kappa shape index (κ1) is 13.5. The van der Waals surface area contributed by atoms with Crippen molar-refractivity contribution in [1.82, 2.24) is 0 Å². The minimum absolute atomic E-state index is 0.0104. The van der Waals surface area contributed by atoms with Crippen molar-refractivity contribution in [1.29, 1.82) is 0 Å². The second-order valence-corrected chi connectivity index (χ2v) is 6.40. The fraction of sp³-hybridized carbons (Fsp3) is 0.692. The molecule has 2 nitrogen and oxygen atoms in total. The topological polar surface area (TPSA) is 35.2 Å². The quantitative estimate of drug-likeness (QED) is 0.907. The van der Waals surface area contributed by atoms with Crippen LogP contribution in [0.25, 0.3) is 0 Å². The highest BCUT2D eigenvalue weighted by atomic mass is 79.9. The molecule has 0 aromatic carbocycles. The fourth-order valence-electron chi connectivity index (χ4n) is 2.80. The van der Waals surface area contributed by atoms with E-state index < -0.39 is 0 Å². The summed E-state index contributed by atoms with van der Waals surface area (Å²) in [6.45, 7) is 0. The number of thiophene rings is 1. The average molecular weight is 318 g/mol. The molecule has 0 saturated heterocycles. The summed E-state index contributed by atoms with van der Waals surface area (Å²) in [6, 6.07) is -0.0104. The van der Waals surface area contributed by atoms with Crippen LogP contribution in [0.5, 0.6) is 0 Å². The van der Waals surface area contributed by atoms with E-state index in [0.29, 0.717) is 5.92 Å². The molecule has 96 valence electrons. The Morgan fingerprint density at radius 2 is 2.06 bits per heavy atom. The highest BCUT2D eigenvalue weighted by Gasteiger charge is 2.30. The minimum Gasteiger partial charge on any atom is -0.379 e. The molecule has 1 aromatic heterocycles. The van der Waals surface area contributed by atoms with Gasteiger partial charge in [-0.3, -0.25) is 0 Å². The SMILES string of the molecule is COC(C1CCCCC1)C(N)c1cscc1Br. The number of halogens is 1. The number of methoxy groups -OCH3 is 1. The van der Waals surface area contributed by atoms with Crippen molar-refractivity contribution in [2.24, 2.45) is 11.7 Å². The molecule has 0 spiro atoms. The van der Waals surface area contributed by atoms with Gasteiger partial charge in [-0.15, -0.1) is 0 Å². The predicted octanol–water partition coefficient (Wildman–Crippen LogP) is 4.11. The van der Waals surface area contributed by atoms with Crippen molar-refractivity contribution in [3.05, 3.63) is 20.8 Å². The van der Waals surface area contributed by atoms with Crippen LogP contribution in [-0.4, -0.2) is 13.2 Å². The first-order valence-electron chi connectivity index (χ1n) is 6.24. The lowest BCUT2D eigenvalue weighted by Gasteiger charge is -2.33. The van der Waals surface area contributed by atoms with Gasteiger partial charge in [0.15, 0.2) is 0 Å². The highest BCUT2D eigenvalue weighted by Crippen LogP contribution is 2.36. The number of ether oxygens (including phenoxy) is 1. The van der Waals surface area contributed by atoms with Crippen molar-refractivity contribution in [2.75, 3.05) is 7.11 Å². The molecule has 0 aliphatic heterocycles. The second-order valence-electron chi connectivity index (χ2n) is 4.80. The average Bonchev–Trinajstić information content (AvgIpc) is 2.77. The molecule has 1 aliphatic rings. The van der Waals surface area contributed by atoms with E-state index in [1.54, 1.807) is 18.4 Å². The maximum atomic E-state index is 6.38. The molecular formula is C13H20BrNOS. The molecule has 1 saturated carbocycles. The van der Waals surface area contributed by atoms with E-state index in [-0.39, 0.29) is 12.1 Å². The Morgan fingerprint density at radius 1 is 1.35 bits per heavy atom. The number of hydrogen-bond acceptors (Lipinski definition) is 3. The van der Waals surface area contributed by atoms with Crippen LogP contribution in [0.3, 0.4) is 0 Å². The summed E-state index contributed by atoms with van der Waals surface area (Å²) in [5, 5.41) is 4.21. The Hall–Kier alpha value is 0.100. The van der Waals surface area contributed by atoms with Crippen molar-refractivity contribution in [3.8, 4) is 0 Å². The van der Waals surface area contributed by atoms with E-state index in [4.69, 9.17) is 10.5 Å². The van der Waals surface area contributed by atoms with Gasteiger partial charge in [-0.05, 0) is 45.6 Å². The minimum atomic E-state index is -0.0104. The van der Waals surface area contributed by atoms with Crippen molar-refractivity contribution >= 4 is 27.3 Å². The normalized spacial score (nSPS) is 21.4. The van der Waals surface area contributed by atoms with Crippen LogP contribution in [0.1, 0.15) is 43.7 Å². The summed E-state index contributed by atoms with van der Waals surface area (Å²) in [5.41, 5.74) is 7.56. The fourth-order valence-corrected chi connectivity index (χ4v) is 4.41. The molecule has 0 radical (unpaired) electrons. The van der Waals surface area contributed by atoms with Gasteiger partial charge in [0, 0.05) is 17.0 Å². The van der Waals surface area contributed by atoms with Crippen LogP contribution in [0.4, 0.5) is 0 Å². The summed E-state index contributed by atoms with van der Waals surface area (Å²) in [5.74, 6) is 0.621. The Morgan fingerprint density at radius 3 is 2.59 bits per heavy atom. The van der Waals surface area contributed by atoms with Gasteiger partial charge in [0.2, 0.25) is 0 Å². The summed E-state index contributed by atoms with van der Waals surface area (Å²) in [4.78, 5) is 0. The number of rotatable bonds is 4. The van der Waals surface area contributed by atoms with E-state index in [9.17, 15) is 0 Å². The standard InChI is InChI=1S/C13H20BrNOS/c1-16-13(9-5-3-2-4-6-9)12(15)10-7-17-8-11(10)14/h7-9,12-13H,2-6,15H2,1H3. The predicted molar refractivity (Wildman–Crippen MR) is 76.3 cm³/mol. The first-order valence-corrected chi connectivity index (χ1v) is 7.97. The van der Waals surface area contributed by atoms with Crippen molar-refractivity contribution in [3.63, 3.8) is 0 Å². The first-order chi connectivity index (χ1) is 8.24. The zero-order chi connectivity index (χ0) is 12.3. The Balaban J connectivity index is 2.09. The Kier molecular flexibility index (Phi) is 5.03. The molecule has 17 heavy (non-hydrogen) atoms. The maximum absolute atomic E-state index is 6.38. The number of hydrogen-bond donors (Lipinski definition) is 1. The zero-order valence-electron chi connectivity index (χ0n) is 10.2. The molecule has 1 fully saturated rings. The lowest BCUT2D eigenvalue weighted by atomic mass is 9.81. The molecule has 4 heteroatoms. The van der Waals surface area contributed by atoms with Crippen LogP contribution in [0.15, 0.2) is 15.2 Å². The molecule has 1 aliphatic carbocycles. The van der Waals surface area contributed by atoms with Crippen molar-refractivity contribution < 1.29 is 4.74 Å². The largest absolute Gasteiger partial charge is 0.379 e. The Bertz CT molecular complexity index is 349. The van der Waals surface area contributed by atoms with E-state index in [1.165, 1.54) is 37.7 Å². The molecular weight excluding hydrogens is 298 g/mol. The van der Waals surface area contributed by atoms with Gasteiger partial charge < -0.3 is 10.5 Å². The van der Waals surface area contributed by atoms with E-state index in [2.05, 4.69) is 26.7 Å². The highest BCUT2D eigenvalue weighted by molar-refractivity contribution is 9.10. The molecule has 2 rings (SSSR count). The van der Waals surface area contributed by atoms with Gasteiger partial charge in [-0.2, -0.15) is 11.3 Å². The van der Waals surface area contributed by atoms with Gasteiger partial charge in [0.25, 0.3) is 0 Å². The van der Waals surface area contributed by atoms with Crippen LogP contribution < -0.4 is 5.73 Å². The van der Waals surface area contributed by atoms with Crippen LogP contribution >= 0.6 is 27.3 Å². The van der Waals surface area contributed by atoms with Gasteiger partial charge >= 0.3 is 0 Å². The van der Waals surface area contributed by atoms with E-state index in [0.717, 1.165) is 4.47 Å². The molecule has 1 heterocycles. The monoisotopic (exact) mass is 317 g/mol. The third-order valence-corrected chi connectivity index (χ3v) is 5.49. The zero-order valence-corrected chi connectivity index (χ0v) is 12.6. The smallest absolute Gasteiger partial charge is 0.0792 e. The Labute approximate surface area is 116 Å². The van der Waals surface area contributed by atoms with Gasteiger partial charge in [-0.25, -0.2) is 0 Å². The summed E-state index contributed by atoms with van der Waals surface area (Å²) >= 11 is 5.25. The molecule has 2 N–H and O–H groups in total. The second kappa shape index (κ2) is 6.32. The van der Waals surface area contributed by atoms with Gasteiger partial charge in [0.1, 0.15) is 0 Å². The van der Waals surface area contributed by atoms with Crippen LogP contribution in [-0.2, 0) is 4.74 Å². The maximum Gasteiger partial charge on any atom is 0.0792 e. The lowest BCUT2D eigenvalue weighted by molar-refractivity contribution is 0.0172. The third-order valence-electron chi connectivity index (χ3n) is 3.74. The number of nitrogens with two attached hydrogens (primary N) is 1. The summed E-state index contributed by atoms with van der Waals surface area (Å²) in [7, 11) is 1.79. The summed E-state index contributed by atoms with van der Waals surface area (Å²) < 4.78 is 6.81. The van der Waals surface area contributed by atoms with Crippen molar-refractivity contribution in [2.45, 2.75) is 44.2 Å². The molecule has 0 amide bonds. The molecule has 0 bridgehead atoms. The van der Waals surface area contributed by atoms with E-state index in [1.807, 2.05) is 0 Å². The van der Waals surface area contributed by atoms with Crippen LogP contribution in [0, 0.1) is 5.92 Å². The molecule has 1 aromatic rings. The third kappa shape index (κ3) is 3.11. The van der Waals surface area contributed by atoms with Gasteiger partial charge in [-0.1, -0.05) is 19.3 Å². The van der Waals surface area contributed by atoms with Crippen LogP contribution in [0.2, 0.25) is 0 Å². The van der Waals surface area contributed by atoms with Gasteiger partial charge in [0.05, 0.1) is 12.1 Å². The lowest BCUT2D eigenvalue weighted by Crippen LogP contribution is -2.35.